The van der Waals surface area contributed by atoms with Gasteiger partial charge in [-0.05, 0) is 40.8 Å². The van der Waals surface area contributed by atoms with Crippen LogP contribution in [0.25, 0.3) is 10.9 Å². The molecular formula is C9H6BrIN2O. The molecule has 0 radical (unpaired) electrons. The number of amides is 1. The summed E-state index contributed by atoms with van der Waals surface area (Å²) in [4.78, 5) is 14.2. The fourth-order valence-electron chi connectivity index (χ4n) is 1.36. The van der Waals surface area contributed by atoms with E-state index in [1.165, 1.54) is 0 Å². The van der Waals surface area contributed by atoms with Crippen molar-refractivity contribution in [2.24, 2.45) is 5.73 Å². The minimum atomic E-state index is -0.416. The lowest BCUT2D eigenvalue weighted by Crippen LogP contribution is -2.11. The quantitative estimate of drug-likeness (QED) is 0.751. The molecule has 2 aromatic rings. The monoisotopic (exact) mass is 364 g/mol. The smallest absolute Gasteiger partial charge is 0.250 e. The molecule has 3 N–H and O–H groups in total. The molecule has 0 aliphatic rings. The van der Waals surface area contributed by atoms with Crippen molar-refractivity contribution in [3.8, 4) is 0 Å². The van der Waals surface area contributed by atoms with E-state index in [4.69, 9.17) is 5.73 Å². The Morgan fingerprint density at radius 1 is 1.50 bits per heavy atom. The third kappa shape index (κ3) is 1.54. The molecule has 0 saturated heterocycles. The zero-order chi connectivity index (χ0) is 10.3. The average molecular weight is 365 g/mol. The molecule has 5 heteroatoms. The minimum Gasteiger partial charge on any atom is -0.366 e. The van der Waals surface area contributed by atoms with Crippen LogP contribution < -0.4 is 5.73 Å². The molecule has 3 nitrogen and oxygen atoms in total. The van der Waals surface area contributed by atoms with Gasteiger partial charge in [0.05, 0.1) is 14.8 Å². The Bertz CT molecular complexity index is 521. The molecule has 0 spiro atoms. The predicted octanol–water partition coefficient (Wildman–Crippen LogP) is 2.63. The standard InChI is InChI=1S/C9H6BrIN2O/c10-6-2-1-4(9(12)14)8-5(6)3-7(11)13-8/h1-3,13H,(H2,12,14). The number of primary amides is 1. The van der Waals surface area contributed by atoms with Gasteiger partial charge in [0, 0.05) is 9.86 Å². The Labute approximate surface area is 102 Å². The number of nitrogens with two attached hydrogens (primary N) is 1. The number of fused-ring (bicyclic) bond motifs is 1. The predicted molar refractivity (Wildman–Crippen MR) is 67.2 cm³/mol. The third-order valence-corrected chi connectivity index (χ3v) is 3.25. The van der Waals surface area contributed by atoms with Crippen molar-refractivity contribution in [3.05, 3.63) is 31.9 Å². The van der Waals surface area contributed by atoms with E-state index in [0.29, 0.717) is 5.56 Å². The van der Waals surface area contributed by atoms with Gasteiger partial charge in [0.15, 0.2) is 0 Å². The number of H-pyrrole nitrogens is 1. The molecule has 2 rings (SSSR count). The first-order valence-corrected chi connectivity index (χ1v) is 5.73. The van der Waals surface area contributed by atoms with Gasteiger partial charge in [-0.3, -0.25) is 4.79 Å². The number of rotatable bonds is 1. The summed E-state index contributed by atoms with van der Waals surface area (Å²) in [5.41, 5.74) is 6.57. The summed E-state index contributed by atoms with van der Waals surface area (Å²) < 4.78 is 1.93. The van der Waals surface area contributed by atoms with Gasteiger partial charge in [-0.1, -0.05) is 15.9 Å². The Kier molecular flexibility index (Phi) is 2.52. The zero-order valence-corrected chi connectivity index (χ0v) is 10.7. The van der Waals surface area contributed by atoms with Crippen LogP contribution in [0.2, 0.25) is 0 Å². The number of aromatic nitrogens is 1. The number of hydrogen-bond acceptors (Lipinski definition) is 1. The van der Waals surface area contributed by atoms with E-state index < -0.39 is 5.91 Å². The van der Waals surface area contributed by atoms with Crippen molar-refractivity contribution < 1.29 is 4.79 Å². The highest BCUT2D eigenvalue weighted by molar-refractivity contribution is 14.1. The van der Waals surface area contributed by atoms with Crippen molar-refractivity contribution in [2.75, 3.05) is 0 Å². The second-order valence-corrected chi connectivity index (χ2v) is 4.88. The van der Waals surface area contributed by atoms with Crippen molar-refractivity contribution in [2.45, 2.75) is 0 Å². The van der Waals surface area contributed by atoms with E-state index in [9.17, 15) is 4.79 Å². The summed E-state index contributed by atoms with van der Waals surface area (Å²) in [5, 5.41) is 0.978. The maximum absolute atomic E-state index is 11.1. The molecule has 0 atom stereocenters. The second-order valence-electron chi connectivity index (χ2n) is 2.87. The number of halogens is 2. The minimum absolute atomic E-state index is 0.416. The van der Waals surface area contributed by atoms with Crippen LogP contribution in [0.1, 0.15) is 10.4 Å². The fraction of sp³-hybridized carbons (Fsp3) is 0. The molecule has 0 saturated carbocycles. The Morgan fingerprint density at radius 3 is 2.86 bits per heavy atom. The lowest BCUT2D eigenvalue weighted by Gasteiger charge is -1.99. The molecule has 1 aromatic carbocycles. The Morgan fingerprint density at radius 2 is 2.21 bits per heavy atom. The van der Waals surface area contributed by atoms with Gasteiger partial charge in [-0.25, -0.2) is 0 Å². The highest BCUT2D eigenvalue weighted by Crippen LogP contribution is 2.27. The van der Waals surface area contributed by atoms with E-state index in [2.05, 4.69) is 43.5 Å². The van der Waals surface area contributed by atoms with Crippen LogP contribution in [0.4, 0.5) is 0 Å². The maximum atomic E-state index is 11.1. The van der Waals surface area contributed by atoms with Crippen LogP contribution >= 0.6 is 38.5 Å². The number of aromatic amines is 1. The van der Waals surface area contributed by atoms with Crippen molar-refractivity contribution in [1.29, 1.82) is 0 Å². The lowest BCUT2D eigenvalue weighted by atomic mass is 10.1. The van der Waals surface area contributed by atoms with Crippen LogP contribution in [0.15, 0.2) is 22.7 Å². The molecule has 0 fully saturated rings. The average Bonchev–Trinajstić information content (AvgIpc) is 2.47. The highest BCUT2D eigenvalue weighted by Gasteiger charge is 2.10. The van der Waals surface area contributed by atoms with Gasteiger partial charge in [0.2, 0.25) is 0 Å². The molecule has 1 heterocycles. The molecule has 0 unspecified atom stereocenters. The van der Waals surface area contributed by atoms with E-state index in [-0.39, 0.29) is 0 Å². The van der Waals surface area contributed by atoms with Crippen LogP contribution in [0.3, 0.4) is 0 Å². The Hall–Kier alpha value is -0.560. The number of benzene rings is 1. The molecule has 1 amide bonds. The van der Waals surface area contributed by atoms with Gasteiger partial charge in [-0.15, -0.1) is 0 Å². The summed E-state index contributed by atoms with van der Waals surface area (Å²) in [7, 11) is 0. The Balaban J connectivity index is 2.87. The first kappa shape index (κ1) is 9.97. The highest BCUT2D eigenvalue weighted by atomic mass is 127. The first-order chi connectivity index (χ1) is 6.59. The van der Waals surface area contributed by atoms with E-state index in [1.54, 1.807) is 6.07 Å². The number of carbonyl (C=O) groups is 1. The summed E-state index contributed by atoms with van der Waals surface area (Å²) in [6.45, 7) is 0. The maximum Gasteiger partial charge on any atom is 0.250 e. The molecule has 0 aliphatic heterocycles. The summed E-state index contributed by atoms with van der Waals surface area (Å²) in [6, 6.07) is 5.50. The molecule has 1 aromatic heterocycles. The normalized spacial score (nSPS) is 10.7. The van der Waals surface area contributed by atoms with Crippen LogP contribution in [0.5, 0.6) is 0 Å². The summed E-state index contributed by atoms with van der Waals surface area (Å²) >= 11 is 5.58. The van der Waals surface area contributed by atoms with Crippen LogP contribution in [-0.4, -0.2) is 10.9 Å². The SMILES string of the molecule is NC(=O)c1ccc(Br)c2cc(I)[nH]c12. The van der Waals surface area contributed by atoms with Gasteiger partial charge in [0.25, 0.3) is 5.91 Å². The zero-order valence-electron chi connectivity index (χ0n) is 6.97. The van der Waals surface area contributed by atoms with Crippen molar-refractivity contribution >= 4 is 55.3 Å². The first-order valence-electron chi connectivity index (χ1n) is 3.86. The number of carbonyl (C=O) groups excluding carboxylic acids is 1. The largest absolute Gasteiger partial charge is 0.366 e. The van der Waals surface area contributed by atoms with Gasteiger partial charge >= 0.3 is 0 Å². The van der Waals surface area contributed by atoms with E-state index >= 15 is 0 Å². The van der Waals surface area contributed by atoms with Gasteiger partial charge in [-0.2, -0.15) is 0 Å². The van der Waals surface area contributed by atoms with Crippen LogP contribution in [0, 0.1) is 3.70 Å². The number of hydrogen-bond donors (Lipinski definition) is 2. The van der Waals surface area contributed by atoms with E-state index in [0.717, 1.165) is 19.1 Å². The molecular weight excluding hydrogens is 359 g/mol. The van der Waals surface area contributed by atoms with Gasteiger partial charge in [0.1, 0.15) is 0 Å². The van der Waals surface area contributed by atoms with Crippen molar-refractivity contribution in [1.82, 2.24) is 4.98 Å². The van der Waals surface area contributed by atoms with Gasteiger partial charge < -0.3 is 10.7 Å². The summed E-state index contributed by atoms with van der Waals surface area (Å²) in [5.74, 6) is -0.416. The van der Waals surface area contributed by atoms with Crippen LogP contribution in [-0.2, 0) is 0 Å². The fourth-order valence-corrected chi connectivity index (χ4v) is 2.38. The summed E-state index contributed by atoms with van der Waals surface area (Å²) in [6.07, 6.45) is 0. The number of nitrogens with one attached hydrogen (secondary N) is 1. The second kappa shape index (κ2) is 3.54. The lowest BCUT2D eigenvalue weighted by molar-refractivity contribution is 0.100. The van der Waals surface area contributed by atoms with E-state index in [1.807, 2.05) is 12.1 Å². The molecule has 0 aliphatic carbocycles. The van der Waals surface area contributed by atoms with Crippen molar-refractivity contribution in [3.63, 3.8) is 0 Å². The molecule has 72 valence electrons. The third-order valence-electron chi connectivity index (χ3n) is 1.97. The topological polar surface area (TPSA) is 58.9 Å². The molecule has 0 bridgehead atoms. The molecule has 14 heavy (non-hydrogen) atoms.